The van der Waals surface area contributed by atoms with Crippen molar-refractivity contribution in [3.63, 3.8) is 0 Å². The van der Waals surface area contributed by atoms with Crippen LogP contribution in [0, 0.1) is 0 Å². The van der Waals surface area contributed by atoms with Crippen LogP contribution in [0.3, 0.4) is 0 Å². The fraction of sp³-hybridized carbons (Fsp3) is 0.533. The molecule has 152 valence electrons. The van der Waals surface area contributed by atoms with Gasteiger partial charge in [0.15, 0.2) is 6.54 Å². The molecule has 27 heavy (non-hydrogen) atoms. The quantitative estimate of drug-likeness (QED) is 0.222. The summed E-state index contributed by atoms with van der Waals surface area (Å²) in [4.78, 5) is 0. The van der Waals surface area contributed by atoms with Crippen LogP contribution in [0.25, 0.3) is 10.2 Å². The molecule has 12 heteroatoms. The molecule has 0 fully saturated rings. The number of hydrogen-bond acceptors (Lipinski definition) is 6. The summed E-state index contributed by atoms with van der Waals surface area (Å²) < 4.78 is 65.0. The van der Waals surface area contributed by atoms with Crippen LogP contribution in [0.15, 0.2) is 22.5 Å². The smallest absolute Gasteiger partial charge is 0.286 e. The molecule has 0 unspecified atom stereocenters. The maximum absolute atomic E-state index is 10.9. The predicted molar refractivity (Wildman–Crippen MR) is 109 cm³/mol. The Morgan fingerprint density at radius 2 is 1.63 bits per heavy atom. The van der Waals surface area contributed by atoms with Gasteiger partial charge in [0.25, 0.3) is 24.6 Å². The Bertz CT molecular complexity index is 987. The number of benzene rings is 1. The Balaban J connectivity index is 2.05. The number of nitrogens with zero attached hydrogens (tertiary/aromatic N) is 1. The molecule has 0 saturated heterocycles. The van der Waals surface area contributed by atoms with Gasteiger partial charge in [-0.25, -0.2) is 0 Å². The van der Waals surface area contributed by atoms with Crippen molar-refractivity contribution in [1.82, 2.24) is 0 Å². The highest BCUT2D eigenvalue weighted by atomic mass is 35.5. The largest absolute Gasteiger partial charge is 0.298 e. The molecular formula is C15H21ClNO6S4+. The van der Waals surface area contributed by atoms with Crippen molar-refractivity contribution < 1.29 is 30.5 Å². The molecule has 7 nitrogen and oxygen atoms in total. The molecule has 0 aliphatic rings. The van der Waals surface area contributed by atoms with E-state index in [1.807, 2.05) is 18.2 Å². The van der Waals surface area contributed by atoms with Crippen molar-refractivity contribution >= 4 is 65.2 Å². The van der Waals surface area contributed by atoms with Gasteiger partial charge in [-0.3, -0.25) is 9.11 Å². The number of unbranched alkanes of at least 4 members (excludes halogenated alkanes) is 2. The van der Waals surface area contributed by atoms with Crippen molar-refractivity contribution in [2.24, 2.45) is 0 Å². The molecule has 0 aliphatic heterocycles. The maximum atomic E-state index is 10.9. The van der Waals surface area contributed by atoms with Crippen LogP contribution < -0.4 is 4.57 Å². The van der Waals surface area contributed by atoms with Gasteiger partial charge in [0.05, 0.1) is 11.5 Å². The lowest BCUT2D eigenvalue weighted by Crippen LogP contribution is -2.34. The van der Waals surface area contributed by atoms with E-state index in [-0.39, 0.29) is 11.5 Å². The van der Waals surface area contributed by atoms with Gasteiger partial charge in [-0.15, -0.1) is 0 Å². The van der Waals surface area contributed by atoms with Crippen molar-refractivity contribution in [3.05, 3.63) is 23.2 Å². The van der Waals surface area contributed by atoms with Crippen LogP contribution in [-0.2, 0) is 26.8 Å². The summed E-state index contributed by atoms with van der Waals surface area (Å²) in [6, 6.07) is 5.60. The molecule has 0 spiro atoms. The van der Waals surface area contributed by atoms with Crippen LogP contribution in [0.5, 0.6) is 0 Å². The third-order valence-electron chi connectivity index (χ3n) is 3.69. The van der Waals surface area contributed by atoms with Gasteiger partial charge in [-0.1, -0.05) is 22.9 Å². The van der Waals surface area contributed by atoms with Crippen LogP contribution >= 0.6 is 34.7 Å². The zero-order chi connectivity index (χ0) is 20.1. The van der Waals surface area contributed by atoms with Crippen LogP contribution in [0.2, 0.25) is 5.02 Å². The van der Waals surface area contributed by atoms with Gasteiger partial charge in [0.1, 0.15) is 4.70 Å². The summed E-state index contributed by atoms with van der Waals surface area (Å²) in [6.45, 7) is 0.587. The SMILES string of the molecule is O=S(=O)(O)CCCCSc1sc2ccc(Cl)cc2[n+]1CCCCS(=O)(=O)O. The molecule has 0 radical (unpaired) electrons. The highest BCUT2D eigenvalue weighted by Gasteiger charge is 2.21. The number of thiazole rings is 1. The van der Waals surface area contributed by atoms with E-state index in [9.17, 15) is 16.8 Å². The Morgan fingerprint density at radius 1 is 1.00 bits per heavy atom. The molecule has 1 aromatic heterocycles. The normalized spacial score (nSPS) is 12.7. The van der Waals surface area contributed by atoms with E-state index in [0.29, 0.717) is 43.0 Å². The average Bonchev–Trinajstić information content (AvgIpc) is 2.86. The summed E-state index contributed by atoms with van der Waals surface area (Å²) in [5.74, 6) is 0.181. The van der Waals surface area contributed by atoms with Gasteiger partial charge in [-0.05, 0) is 43.2 Å². The first-order valence-electron chi connectivity index (χ1n) is 8.20. The molecule has 0 aliphatic carbocycles. The number of thioether (sulfide) groups is 1. The molecule has 0 saturated carbocycles. The second kappa shape index (κ2) is 9.86. The van der Waals surface area contributed by atoms with E-state index in [2.05, 4.69) is 4.57 Å². The summed E-state index contributed by atoms with van der Waals surface area (Å²) in [6.07, 6.45) is 1.96. The van der Waals surface area contributed by atoms with E-state index in [1.165, 1.54) is 0 Å². The first-order chi connectivity index (χ1) is 12.6. The minimum atomic E-state index is -3.96. The first-order valence-corrected chi connectivity index (χ1v) is 13.6. The summed E-state index contributed by atoms with van der Waals surface area (Å²) in [7, 11) is -7.89. The molecule has 0 bridgehead atoms. The highest BCUT2D eigenvalue weighted by Crippen LogP contribution is 2.30. The third-order valence-corrected chi connectivity index (χ3v) is 8.05. The zero-order valence-corrected chi connectivity index (χ0v) is 18.4. The van der Waals surface area contributed by atoms with Gasteiger partial charge < -0.3 is 0 Å². The summed E-state index contributed by atoms with van der Waals surface area (Å²) in [5.41, 5.74) is 0.958. The lowest BCUT2D eigenvalue weighted by atomic mass is 10.3. The number of halogens is 1. The highest BCUT2D eigenvalue weighted by molar-refractivity contribution is 8.01. The number of aryl methyl sites for hydroxylation is 1. The van der Waals surface area contributed by atoms with Crippen LogP contribution in [0.1, 0.15) is 25.7 Å². The summed E-state index contributed by atoms with van der Waals surface area (Å²) in [5, 5.41) is 0.608. The molecule has 0 amide bonds. The fourth-order valence-corrected chi connectivity index (χ4v) is 6.28. The van der Waals surface area contributed by atoms with Crippen molar-refractivity contribution in [3.8, 4) is 0 Å². The van der Waals surface area contributed by atoms with E-state index >= 15 is 0 Å². The van der Waals surface area contributed by atoms with Crippen LogP contribution in [-0.4, -0.2) is 43.2 Å². The van der Waals surface area contributed by atoms with E-state index in [0.717, 1.165) is 14.6 Å². The van der Waals surface area contributed by atoms with Crippen LogP contribution in [0.4, 0.5) is 0 Å². The monoisotopic (exact) mass is 474 g/mol. The molecule has 1 aromatic carbocycles. The Labute approximate surface area is 172 Å². The third kappa shape index (κ3) is 8.22. The van der Waals surface area contributed by atoms with Gasteiger partial charge in [0.2, 0.25) is 5.52 Å². The minimum absolute atomic E-state index is 0.245. The molecule has 0 atom stereocenters. The lowest BCUT2D eigenvalue weighted by molar-refractivity contribution is -0.702. The molecule has 1 heterocycles. The molecule has 2 rings (SSSR count). The number of rotatable bonds is 11. The number of fused-ring (bicyclic) bond motifs is 1. The van der Waals surface area contributed by atoms with Gasteiger partial charge in [0, 0.05) is 23.3 Å². The van der Waals surface area contributed by atoms with Crippen molar-refractivity contribution in [2.45, 2.75) is 36.6 Å². The van der Waals surface area contributed by atoms with E-state index < -0.39 is 20.2 Å². The second-order valence-electron chi connectivity index (χ2n) is 5.97. The fourth-order valence-electron chi connectivity index (χ4n) is 2.45. The number of aromatic nitrogens is 1. The standard InChI is InChI=1S/C15H20ClNO6S4/c16-12-5-6-14-13(11-12)17(7-1-3-9-26(18,19)20)15(25-14)24-8-2-4-10-27(21,22)23/h5-6,11H,1-4,7-10H2,(H-,18,19,20,21,22,23)/p+1. The Hall–Kier alpha value is -0.430. The zero-order valence-electron chi connectivity index (χ0n) is 14.4. The van der Waals surface area contributed by atoms with Gasteiger partial charge in [-0.2, -0.15) is 21.4 Å². The van der Waals surface area contributed by atoms with Crippen molar-refractivity contribution in [1.29, 1.82) is 0 Å². The maximum Gasteiger partial charge on any atom is 0.298 e. The van der Waals surface area contributed by atoms with E-state index in [1.54, 1.807) is 23.1 Å². The topological polar surface area (TPSA) is 113 Å². The lowest BCUT2D eigenvalue weighted by Gasteiger charge is -2.01. The second-order valence-corrected chi connectivity index (χ2v) is 11.9. The molecular weight excluding hydrogens is 454 g/mol. The number of hydrogen-bond donors (Lipinski definition) is 2. The molecule has 2 aromatic rings. The minimum Gasteiger partial charge on any atom is -0.286 e. The first kappa shape index (κ1) is 22.9. The Kier molecular flexibility index (Phi) is 8.34. The van der Waals surface area contributed by atoms with Crippen molar-refractivity contribution in [2.75, 3.05) is 17.3 Å². The van der Waals surface area contributed by atoms with E-state index in [4.69, 9.17) is 20.7 Å². The Morgan fingerprint density at radius 3 is 2.26 bits per heavy atom. The van der Waals surface area contributed by atoms with Gasteiger partial charge >= 0.3 is 0 Å². The summed E-state index contributed by atoms with van der Waals surface area (Å²) >= 11 is 9.28. The predicted octanol–water partition coefficient (Wildman–Crippen LogP) is 3.27. The molecule has 2 N–H and O–H groups in total. The average molecular weight is 475 g/mol.